The highest BCUT2D eigenvalue weighted by Crippen LogP contribution is 2.18. The minimum absolute atomic E-state index is 0.0526. The lowest BCUT2D eigenvalue weighted by Crippen LogP contribution is -2.48. The van der Waals surface area contributed by atoms with Crippen molar-refractivity contribution in [1.29, 1.82) is 0 Å². The van der Waals surface area contributed by atoms with E-state index in [2.05, 4.69) is 6.92 Å². The lowest BCUT2D eigenvalue weighted by molar-refractivity contribution is -0.00279. The van der Waals surface area contributed by atoms with Crippen molar-refractivity contribution in [3.8, 4) is 0 Å². The molecule has 1 saturated heterocycles. The zero-order valence-electron chi connectivity index (χ0n) is 11.0. The smallest absolute Gasteiger partial charge is 0.254 e. The topological polar surface area (TPSA) is 55.6 Å². The van der Waals surface area contributed by atoms with Gasteiger partial charge in [0.1, 0.15) is 0 Å². The number of morpholine rings is 1. The fraction of sp³-hybridized carbons (Fsp3) is 0.500. The minimum Gasteiger partial charge on any atom is -0.398 e. The summed E-state index contributed by atoms with van der Waals surface area (Å²) in [6.07, 6.45) is 0.910. The number of benzene rings is 1. The molecule has 1 atom stereocenters. The Morgan fingerprint density at radius 3 is 3.00 bits per heavy atom. The summed E-state index contributed by atoms with van der Waals surface area (Å²) in [6, 6.07) is 5.67. The summed E-state index contributed by atoms with van der Waals surface area (Å²) >= 11 is 0. The molecule has 0 radical (unpaired) electrons. The van der Waals surface area contributed by atoms with Gasteiger partial charge in [-0.25, -0.2) is 0 Å². The molecule has 4 nitrogen and oxygen atoms in total. The summed E-state index contributed by atoms with van der Waals surface area (Å²) in [5.74, 6) is 0.0526. The fourth-order valence-electron chi connectivity index (χ4n) is 2.20. The van der Waals surface area contributed by atoms with E-state index in [0.29, 0.717) is 31.0 Å². The summed E-state index contributed by atoms with van der Waals surface area (Å²) in [4.78, 5) is 14.3. The molecule has 0 bridgehead atoms. The minimum atomic E-state index is 0.0526. The summed E-state index contributed by atoms with van der Waals surface area (Å²) in [7, 11) is 0. The maximum absolute atomic E-state index is 12.4. The van der Waals surface area contributed by atoms with E-state index < -0.39 is 0 Å². The molecule has 0 spiro atoms. The van der Waals surface area contributed by atoms with Gasteiger partial charge < -0.3 is 15.4 Å². The van der Waals surface area contributed by atoms with E-state index in [1.807, 2.05) is 24.0 Å². The molecule has 0 aliphatic carbocycles. The Kier molecular flexibility index (Phi) is 3.87. The first kappa shape index (κ1) is 12.9. The van der Waals surface area contributed by atoms with Crippen molar-refractivity contribution in [3.63, 3.8) is 0 Å². The zero-order chi connectivity index (χ0) is 13.1. The van der Waals surface area contributed by atoms with E-state index in [4.69, 9.17) is 10.5 Å². The molecule has 1 aromatic carbocycles. The van der Waals surface area contributed by atoms with Gasteiger partial charge in [0.2, 0.25) is 0 Å². The molecular formula is C14H20N2O2. The second kappa shape index (κ2) is 5.40. The van der Waals surface area contributed by atoms with E-state index in [0.717, 1.165) is 12.0 Å². The maximum atomic E-state index is 12.4. The summed E-state index contributed by atoms with van der Waals surface area (Å²) < 4.78 is 5.41. The monoisotopic (exact) mass is 248 g/mol. The first-order valence-corrected chi connectivity index (χ1v) is 6.38. The predicted molar refractivity (Wildman–Crippen MR) is 71.5 cm³/mol. The quantitative estimate of drug-likeness (QED) is 0.812. The Bertz CT molecular complexity index is 445. The highest BCUT2D eigenvalue weighted by Gasteiger charge is 2.26. The van der Waals surface area contributed by atoms with Crippen molar-refractivity contribution in [2.24, 2.45) is 0 Å². The first-order valence-electron chi connectivity index (χ1n) is 6.38. The van der Waals surface area contributed by atoms with Crippen LogP contribution in [0.2, 0.25) is 0 Å². The molecule has 2 rings (SSSR count). The van der Waals surface area contributed by atoms with E-state index in [1.54, 1.807) is 6.07 Å². The normalized spacial score (nSPS) is 19.9. The predicted octanol–water partition coefficient (Wildman–Crippen LogP) is 1.83. The largest absolute Gasteiger partial charge is 0.398 e. The van der Waals surface area contributed by atoms with E-state index in [1.165, 1.54) is 0 Å². The Labute approximate surface area is 108 Å². The lowest BCUT2D eigenvalue weighted by Gasteiger charge is -2.35. The number of hydrogen-bond donors (Lipinski definition) is 1. The van der Waals surface area contributed by atoms with Crippen molar-refractivity contribution in [1.82, 2.24) is 4.90 Å². The van der Waals surface area contributed by atoms with Crippen LogP contribution in [0, 0.1) is 6.92 Å². The number of carbonyl (C=O) groups excluding carboxylic acids is 1. The average molecular weight is 248 g/mol. The molecule has 18 heavy (non-hydrogen) atoms. The van der Waals surface area contributed by atoms with Crippen LogP contribution in [-0.2, 0) is 4.74 Å². The van der Waals surface area contributed by atoms with Crippen LogP contribution in [0.1, 0.15) is 29.3 Å². The van der Waals surface area contributed by atoms with Crippen LogP contribution in [0.3, 0.4) is 0 Å². The third-order valence-electron chi connectivity index (χ3n) is 3.49. The number of amides is 1. The Balaban J connectivity index is 2.21. The number of carbonyl (C=O) groups is 1. The van der Waals surface area contributed by atoms with Crippen LogP contribution >= 0.6 is 0 Å². The van der Waals surface area contributed by atoms with Crippen molar-refractivity contribution in [2.75, 3.05) is 25.5 Å². The molecule has 98 valence electrons. The van der Waals surface area contributed by atoms with Crippen LogP contribution in [0.25, 0.3) is 0 Å². The van der Waals surface area contributed by atoms with Crippen molar-refractivity contribution in [2.45, 2.75) is 26.3 Å². The number of hydrogen-bond acceptors (Lipinski definition) is 3. The fourth-order valence-corrected chi connectivity index (χ4v) is 2.20. The van der Waals surface area contributed by atoms with Crippen molar-refractivity contribution in [3.05, 3.63) is 29.3 Å². The van der Waals surface area contributed by atoms with Gasteiger partial charge in [0.05, 0.1) is 19.3 Å². The molecular weight excluding hydrogens is 228 g/mol. The van der Waals surface area contributed by atoms with Crippen LogP contribution in [0.4, 0.5) is 5.69 Å². The van der Waals surface area contributed by atoms with Gasteiger partial charge in [0, 0.05) is 17.8 Å². The number of nitrogens with two attached hydrogens (primary N) is 1. The van der Waals surface area contributed by atoms with Crippen LogP contribution < -0.4 is 5.73 Å². The first-order chi connectivity index (χ1) is 8.63. The van der Waals surface area contributed by atoms with Gasteiger partial charge in [-0.15, -0.1) is 0 Å². The van der Waals surface area contributed by atoms with Crippen molar-refractivity contribution >= 4 is 11.6 Å². The van der Waals surface area contributed by atoms with Gasteiger partial charge in [-0.1, -0.05) is 13.0 Å². The van der Waals surface area contributed by atoms with Crippen molar-refractivity contribution < 1.29 is 9.53 Å². The molecule has 1 aromatic rings. The van der Waals surface area contributed by atoms with Gasteiger partial charge in [-0.05, 0) is 31.0 Å². The molecule has 1 unspecified atom stereocenters. The number of ether oxygens (including phenoxy) is 1. The summed E-state index contributed by atoms with van der Waals surface area (Å²) in [6.45, 7) is 5.91. The van der Waals surface area contributed by atoms with Gasteiger partial charge in [-0.3, -0.25) is 4.79 Å². The van der Waals surface area contributed by atoms with Crippen LogP contribution in [0.5, 0.6) is 0 Å². The number of nitrogen functional groups attached to an aromatic ring is 1. The second-order valence-electron chi connectivity index (χ2n) is 4.71. The Morgan fingerprint density at radius 2 is 2.33 bits per heavy atom. The van der Waals surface area contributed by atoms with Gasteiger partial charge >= 0.3 is 0 Å². The Hall–Kier alpha value is -1.55. The highest BCUT2D eigenvalue weighted by molar-refractivity contribution is 5.95. The molecule has 1 fully saturated rings. The molecule has 0 aromatic heterocycles. The number of anilines is 1. The van der Waals surface area contributed by atoms with Gasteiger partial charge in [0.15, 0.2) is 0 Å². The average Bonchev–Trinajstić information content (AvgIpc) is 2.41. The second-order valence-corrected chi connectivity index (χ2v) is 4.71. The van der Waals surface area contributed by atoms with Crippen LogP contribution in [-0.4, -0.2) is 36.6 Å². The molecule has 1 aliphatic rings. The van der Waals surface area contributed by atoms with E-state index in [-0.39, 0.29) is 11.9 Å². The SMILES string of the molecule is CCC1COCCN1C(=O)c1ccc(C)c(N)c1. The Morgan fingerprint density at radius 1 is 1.56 bits per heavy atom. The standard InChI is InChI=1S/C14H20N2O2/c1-3-12-9-18-7-6-16(12)14(17)11-5-4-10(2)13(15)8-11/h4-5,8,12H,3,6-7,9,15H2,1-2H3. The third kappa shape index (κ3) is 2.48. The molecule has 1 aliphatic heterocycles. The molecule has 4 heteroatoms. The number of rotatable bonds is 2. The van der Waals surface area contributed by atoms with E-state index >= 15 is 0 Å². The zero-order valence-corrected chi connectivity index (χ0v) is 11.0. The van der Waals surface area contributed by atoms with Crippen LogP contribution in [0.15, 0.2) is 18.2 Å². The third-order valence-corrected chi connectivity index (χ3v) is 3.49. The summed E-state index contributed by atoms with van der Waals surface area (Å²) in [5.41, 5.74) is 8.19. The number of aryl methyl sites for hydroxylation is 1. The molecule has 1 heterocycles. The molecule has 2 N–H and O–H groups in total. The van der Waals surface area contributed by atoms with Gasteiger partial charge in [-0.2, -0.15) is 0 Å². The maximum Gasteiger partial charge on any atom is 0.254 e. The molecule has 0 saturated carbocycles. The number of nitrogens with zero attached hydrogens (tertiary/aromatic N) is 1. The molecule has 1 amide bonds. The highest BCUT2D eigenvalue weighted by atomic mass is 16.5. The van der Waals surface area contributed by atoms with Gasteiger partial charge in [0.25, 0.3) is 5.91 Å². The lowest BCUT2D eigenvalue weighted by atomic mass is 10.1. The van der Waals surface area contributed by atoms with E-state index in [9.17, 15) is 4.79 Å². The summed E-state index contributed by atoms with van der Waals surface area (Å²) in [5, 5.41) is 0.